The molecular weight excluding hydrogens is 1020 g/mol. The Labute approximate surface area is 435 Å². The molecule has 24 nitrogen and oxygen atoms in total. The Bertz CT molecular complexity index is 1890. The molecule has 0 aromatic carbocycles. The van der Waals surface area contributed by atoms with Crippen LogP contribution in [-0.4, -0.2) is 250 Å². The van der Waals surface area contributed by atoms with Crippen LogP contribution in [0.5, 0.6) is 0 Å². The van der Waals surface area contributed by atoms with Gasteiger partial charge in [0.1, 0.15) is 18.3 Å². The first-order valence-corrected chi connectivity index (χ1v) is 27.7. The third-order valence-electron chi connectivity index (χ3n) is 12.7. The number of likely N-dealkylation sites (tertiary alicyclic amines) is 6. The topological polar surface area (TPSA) is 280 Å². The van der Waals surface area contributed by atoms with Gasteiger partial charge in [-0.3, -0.25) is 86.9 Å². The van der Waals surface area contributed by atoms with Gasteiger partial charge in [-0.05, 0) is 17.3 Å². The molecule has 6 atom stereocenters. The molecule has 6 aliphatic rings. The molecule has 6 unspecified atom stereocenters. The second-order valence-electron chi connectivity index (χ2n) is 17.5. The fourth-order valence-electron chi connectivity index (χ4n) is 8.85. The van der Waals surface area contributed by atoms with Crippen molar-refractivity contribution in [1.82, 2.24) is 29.4 Å². The first-order chi connectivity index (χ1) is 35.1. The Kier molecular flexibility index (Phi) is 22.2. The van der Waals surface area contributed by atoms with Crippen LogP contribution in [0.15, 0.2) is 0 Å². The number of ether oxygens (including phenoxy) is 6. The average molecular weight is 1090 g/mol. The fourth-order valence-corrected chi connectivity index (χ4v) is 11.7. The maximum absolute atomic E-state index is 13.4. The summed E-state index contributed by atoms with van der Waals surface area (Å²) in [5, 5.41) is -1.25. The van der Waals surface area contributed by atoms with Gasteiger partial charge in [0, 0.05) is 25.2 Å². The first-order valence-electron chi connectivity index (χ1n) is 24.6. The number of hydrogen-bond donors (Lipinski definition) is 0. The van der Waals surface area contributed by atoms with Crippen LogP contribution in [0, 0.1) is 5.92 Å². The molecule has 12 amide bonds. The van der Waals surface area contributed by atoms with E-state index in [1.807, 2.05) is 20.8 Å². The number of imide groups is 6. The highest BCUT2D eigenvalue weighted by molar-refractivity contribution is 8.01. The van der Waals surface area contributed by atoms with Gasteiger partial charge in [0.2, 0.25) is 53.2 Å². The minimum Gasteiger partial charge on any atom is -0.378 e. The van der Waals surface area contributed by atoms with Crippen LogP contribution in [0.2, 0.25) is 0 Å². The Balaban J connectivity index is 0.974. The molecule has 0 saturated carbocycles. The number of nitrogens with zero attached hydrogens (tertiary/aromatic N) is 6. The van der Waals surface area contributed by atoms with Crippen molar-refractivity contribution >= 4 is 106 Å². The summed E-state index contributed by atoms with van der Waals surface area (Å²) >= 11 is 4.20. The first kappa shape index (κ1) is 57.9. The summed E-state index contributed by atoms with van der Waals surface area (Å²) in [5.74, 6) is -3.90. The van der Waals surface area contributed by atoms with Gasteiger partial charge in [0.15, 0.2) is 0 Å². The summed E-state index contributed by atoms with van der Waals surface area (Å²) in [5.41, 5.74) is 0. The molecule has 6 saturated heterocycles. The monoisotopic (exact) mass is 1080 g/mol. The van der Waals surface area contributed by atoms with Crippen LogP contribution >= 0.6 is 35.3 Å². The SMILES string of the molecule is CCSC1CC(=O)N(CCOCCN2C(=O)CC(OCC(COC3CC(=O)N(CCOCCN4C(=O)CC(SCC)C4=O)C3=O)COC3CC(=O)N(CCOCCN4C(=O)CC(SCC)C4=O)C3=O)C2=O)C1=O. The van der Waals surface area contributed by atoms with Crippen molar-refractivity contribution < 1.29 is 86.0 Å². The summed E-state index contributed by atoms with van der Waals surface area (Å²) < 4.78 is 34.5. The molecule has 6 heterocycles. The number of amides is 12. The Morgan fingerprint density at radius 1 is 0.356 bits per heavy atom. The Morgan fingerprint density at radius 2 is 0.575 bits per heavy atom. The minimum absolute atomic E-state index is 0.00840. The standard InChI is InChI=1S/C46H64N6O18S3/c1-4-71-32-22-38(56)50(44(32)62)10-16-65-13-7-47-35(53)19-29(41(47)59)68-25-28(26-69-30-20-36(54)48(42(30)60)8-14-66-17-11-51-39(57)23-33(45(51)63)72-5-2)27-70-31-21-37(55)49(43(31)61)9-15-67-18-12-52-40(58)24-34(46(52)64)73-6-3/h28-34H,4-27H2,1-3H3. The summed E-state index contributed by atoms with van der Waals surface area (Å²) in [6.45, 7) is 4.47. The quantitative estimate of drug-likeness (QED) is 0.0547. The van der Waals surface area contributed by atoms with Gasteiger partial charge in [0.05, 0.1) is 134 Å². The Hall–Kier alpha value is -4.35. The molecule has 6 rings (SSSR count). The molecule has 0 bridgehead atoms. The second kappa shape index (κ2) is 28.0. The number of hydrogen-bond acceptors (Lipinski definition) is 21. The van der Waals surface area contributed by atoms with Crippen molar-refractivity contribution in [2.45, 2.75) is 93.4 Å². The van der Waals surface area contributed by atoms with Crippen LogP contribution in [0.3, 0.4) is 0 Å². The zero-order valence-electron chi connectivity index (χ0n) is 41.3. The van der Waals surface area contributed by atoms with E-state index < -0.39 is 75.4 Å². The van der Waals surface area contributed by atoms with Crippen LogP contribution in [-0.2, 0) is 86.0 Å². The van der Waals surface area contributed by atoms with Crippen molar-refractivity contribution in [2.24, 2.45) is 5.92 Å². The normalized spacial score (nSPS) is 25.4. The number of carbonyl (C=O) groups is 12. The smallest absolute Gasteiger partial charge is 0.258 e. The van der Waals surface area contributed by atoms with E-state index in [1.54, 1.807) is 0 Å². The van der Waals surface area contributed by atoms with Gasteiger partial charge in [-0.25, -0.2) is 0 Å². The summed E-state index contributed by atoms with van der Waals surface area (Å²) in [6.07, 6.45) is -4.16. The number of thioether (sulfide) groups is 3. The number of carbonyl (C=O) groups excluding carboxylic acids is 12. The summed E-state index contributed by atoms with van der Waals surface area (Å²) in [4.78, 5) is 160. The van der Waals surface area contributed by atoms with Gasteiger partial charge in [0.25, 0.3) is 17.7 Å². The van der Waals surface area contributed by atoms with Gasteiger partial charge in [-0.15, -0.1) is 35.3 Å². The van der Waals surface area contributed by atoms with Gasteiger partial charge >= 0.3 is 0 Å². The molecule has 0 aliphatic carbocycles. The maximum atomic E-state index is 13.4. The highest BCUT2D eigenvalue weighted by Crippen LogP contribution is 2.28. The molecule has 73 heavy (non-hydrogen) atoms. The van der Waals surface area contributed by atoms with Crippen molar-refractivity contribution in [3.63, 3.8) is 0 Å². The van der Waals surface area contributed by atoms with Crippen LogP contribution in [0.4, 0.5) is 0 Å². The van der Waals surface area contributed by atoms with Crippen molar-refractivity contribution in [3.05, 3.63) is 0 Å². The molecule has 0 radical (unpaired) electrons. The Morgan fingerprint density at radius 3 is 0.808 bits per heavy atom. The molecule has 0 N–H and O–H groups in total. The van der Waals surface area contributed by atoms with E-state index in [1.165, 1.54) is 35.3 Å². The molecule has 0 spiro atoms. The molecule has 404 valence electrons. The second-order valence-corrected chi connectivity index (χ2v) is 22.0. The van der Waals surface area contributed by atoms with E-state index in [-0.39, 0.29) is 173 Å². The highest BCUT2D eigenvalue weighted by atomic mass is 32.2. The van der Waals surface area contributed by atoms with Gasteiger partial charge in [-0.1, -0.05) is 20.8 Å². The van der Waals surface area contributed by atoms with Crippen molar-refractivity contribution in [1.29, 1.82) is 0 Å². The van der Waals surface area contributed by atoms with E-state index in [0.29, 0.717) is 17.3 Å². The van der Waals surface area contributed by atoms with Gasteiger partial charge < -0.3 is 28.4 Å². The zero-order chi connectivity index (χ0) is 52.8. The molecule has 0 aromatic heterocycles. The van der Waals surface area contributed by atoms with Gasteiger partial charge in [-0.2, -0.15) is 0 Å². The van der Waals surface area contributed by atoms with Crippen molar-refractivity contribution in [3.8, 4) is 0 Å². The molecule has 27 heteroatoms. The average Bonchev–Trinajstić information content (AvgIpc) is 4.12. The summed E-state index contributed by atoms with van der Waals surface area (Å²) in [6, 6.07) is 0. The lowest BCUT2D eigenvalue weighted by Gasteiger charge is -2.22. The minimum atomic E-state index is -1.21. The third-order valence-corrected chi connectivity index (χ3v) is 16.0. The predicted molar refractivity (Wildman–Crippen MR) is 259 cm³/mol. The van der Waals surface area contributed by atoms with E-state index in [0.717, 1.165) is 29.4 Å². The van der Waals surface area contributed by atoms with Crippen molar-refractivity contribution in [2.75, 3.05) is 116 Å². The van der Waals surface area contributed by atoms with E-state index >= 15 is 0 Å². The molecule has 6 aliphatic heterocycles. The zero-order valence-corrected chi connectivity index (χ0v) is 43.7. The van der Waals surface area contributed by atoms with Crippen LogP contribution in [0.1, 0.15) is 59.3 Å². The van der Waals surface area contributed by atoms with Crippen LogP contribution < -0.4 is 0 Å². The fraction of sp³-hybridized carbons (Fsp3) is 0.739. The highest BCUT2D eigenvalue weighted by Gasteiger charge is 2.44. The van der Waals surface area contributed by atoms with E-state index in [2.05, 4.69) is 0 Å². The van der Waals surface area contributed by atoms with E-state index in [4.69, 9.17) is 28.4 Å². The lowest BCUT2D eigenvalue weighted by molar-refractivity contribution is -0.146. The number of rotatable bonds is 33. The van der Waals surface area contributed by atoms with Crippen LogP contribution in [0.25, 0.3) is 0 Å². The summed E-state index contributed by atoms with van der Waals surface area (Å²) in [7, 11) is 0. The molecular formula is C46H64N6O18S3. The predicted octanol–water partition coefficient (Wildman–Crippen LogP) is -1.27. The third kappa shape index (κ3) is 15.0. The largest absolute Gasteiger partial charge is 0.378 e. The molecule has 6 fully saturated rings. The molecule has 0 aromatic rings. The maximum Gasteiger partial charge on any atom is 0.258 e. The van der Waals surface area contributed by atoms with E-state index in [9.17, 15) is 57.5 Å². The lowest BCUT2D eigenvalue weighted by Crippen LogP contribution is -2.39. The lowest BCUT2D eigenvalue weighted by atomic mass is 10.1.